The first-order valence-electron chi connectivity index (χ1n) is 10.1. The first-order chi connectivity index (χ1) is 12.7. The molecule has 2 N–H and O–H groups in total. The maximum Gasteiger partial charge on any atom is 0.240 e. The maximum atomic E-state index is 12.9. The highest BCUT2D eigenvalue weighted by Crippen LogP contribution is 2.23. The van der Waals surface area contributed by atoms with Crippen LogP contribution in [0.25, 0.3) is 0 Å². The molecule has 27 heavy (non-hydrogen) atoms. The van der Waals surface area contributed by atoms with Gasteiger partial charge in [0.1, 0.15) is 0 Å². The molecule has 2 amide bonds. The molecule has 0 radical (unpaired) electrons. The van der Waals surface area contributed by atoms with Gasteiger partial charge in [0.2, 0.25) is 11.8 Å². The van der Waals surface area contributed by atoms with Crippen molar-refractivity contribution in [3.63, 3.8) is 0 Å². The van der Waals surface area contributed by atoms with E-state index in [1.807, 2.05) is 17.0 Å². The van der Waals surface area contributed by atoms with Gasteiger partial charge in [0, 0.05) is 31.6 Å². The van der Waals surface area contributed by atoms with Gasteiger partial charge in [0.25, 0.3) is 0 Å². The molecular weight excluding hydrogens is 362 g/mol. The summed E-state index contributed by atoms with van der Waals surface area (Å²) in [4.78, 5) is 27.3. The average Bonchev–Trinajstić information content (AvgIpc) is 3.20. The number of nitrogens with zero attached hydrogens (tertiary/aromatic N) is 1. The Labute approximate surface area is 167 Å². The second-order valence-electron chi connectivity index (χ2n) is 8.00. The molecule has 0 unspecified atom stereocenters. The van der Waals surface area contributed by atoms with Gasteiger partial charge in [-0.25, -0.2) is 0 Å². The number of nitrogens with one attached hydrogen (secondary N) is 2. The number of benzene rings is 1. The molecule has 2 heterocycles. The third kappa shape index (κ3) is 4.64. The lowest BCUT2D eigenvalue weighted by Gasteiger charge is -2.35. The fourth-order valence-corrected chi connectivity index (χ4v) is 4.60. The van der Waals surface area contributed by atoms with Gasteiger partial charge in [-0.3, -0.25) is 9.59 Å². The number of hydrogen-bond acceptors (Lipinski definition) is 3. The van der Waals surface area contributed by atoms with Crippen molar-refractivity contribution in [1.82, 2.24) is 15.5 Å². The molecule has 1 atom stereocenters. The number of rotatable bonds is 3. The van der Waals surface area contributed by atoms with Crippen molar-refractivity contribution >= 4 is 24.2 Å². The van der Waals surface area contributed by atoms with Crippen molar-refractivity contribution in [3.05, 3.63) is 35.4 Å². The van der Waals surface area contributed by atoms with Gasteiger partial charge in [0.15, 0.2) is 0 Å². The Bertz CT molecular complexity index is 667. The molecule has 1 saturated carbocycles. The van der Waals surface area contributed by atoms with E-state index in [0.717, 1.165) is 38.6 Å². The second kappa shape index (κ2) is 9.07. The van der Waals surface area contributed by atoms with Crippen molar-refractivity contribution in [2.45, 2.75) is 63.6 Å². The van der Waals surface area contributed by atoms with Crippen LogP contribution in [0.15, 0.2) is 24.3 Å². The topological polar surface area (TPSA) is 61.4 Å². The first kappa shape index (κ1) is 20.2. The van der Waals surface area contributed by atoms with Gasteiger partial charge < -0.3 is 15.5 Å². The molecule has 2 aliphatic heterocycles. The lowest BCUT2D eigenvalue weighted by Crippen LogP contribution is -2.52. The Morgan fingerprint density at radius 3 is 2.37 bits per heavy atom. The van der Waals surface area contributed by atoms with Crippen molar-refractivity contribution in [1.29, 1.82) is 0 Å². The molecule has 2 fully saturated rings. The summed E-state index contributed by atoms with van der Waals surface area (Å²) in [5.74, 6) is 0.461. The Morgan fingerprint density at radius 2 is 1.67 bits per heavy atom. The van der Waals surface area contributed by atoms with Gasteiger partial charge in [-0.15, -0.1) is 12.4 Å². The molecular formula is C21H30ClN3O2. The smallest absolute Gasteiger partial charge is 0.240 e. The average molecular weight is 392 g/mol. The fraction of sp³-hybridized carbons (Fsp3) is 0.619. The quantitative estimate of drug-likeness (QED) is 0.831. The number of amides is 2. The number of piperidine rings is 1. The van der Waals surface area contributed by atoms with Crippen LogP contribution in [0.2, 0.25) is 0 Å². The van der Waals surface area contributed by atoms with Gasteiger partial charge in [-0.1, -0.05) is 37.1 Å². The van der Waals surface area contributed by atoms with Crippen molar-refractivity contribution in [2.24, 2.45) is 5.92 Å². The van der Waals surface area contributed by atoms with E-state index < -0.39 is 0 Å². The van der Waals surface area contributed by atoms with E-state index in [-0.39, 0.29) is 36.2 Å². The predicted octanol–water partition coefficient (Wildman–Crippen LogP) is 2.42. The Kier molecular flexibility index (Phi) is 6.77. The van der Waals surface area contributed by atoms with E-state index >= 15 is 0 Å². The zero-order valence-corrected chi connectivity index (χ0v) is 16.6. The molecule has 1 aromatic rings. The summed E-state index contributed by atoms with van der Waals surface area (Å²) in [6.45, 7) is 2.15. The van der Waals surface area contributed by atoms with E-state index in [1.165, 1.54) is 24.0 Å². The van der Waals surface area contributed by atoms with Crippen molar-refractivity contribution in [2.75, 3.05) is 13.1 Å². The number of hydrogen-bond donors (Lipinski definition) is 2. The number of halogens is 1. The highest BCUT2D eigenvalue weighted by molar-refractivity contribution is 5.85. The number of carbonyl (C=O) groups excluding carboxylic acids is 2. The summed E-state index contributed by atoms with van der Waals surface area (Å²) < 4.78 is 0. The van der Waals surface area contributed by atoms with Crippen LogP contribution in [-0.4, -0.2) is 41.9 Å². The fourth-order valence-electron chi connectivity index (χ4n) is 4.60. The number of fused-ring (bicyclic) bond motifs is 1. The van der Waals surface area contributed by atoms with Crippen molar-refractivity contribution in [3.8, 4) is 0 Å². The lowest BCUT2D eigenvalue weighted by molar-refractivity contribution is -0.137. The zero-order chi connectivity index (χ0) is 17.9. The third-order valence-electron chi connectivity index (χ3n) is 6.26. The summed E-state index contributed by atoms with van der Waals surface area (Å²) in [5, 5.41) is 6.60. The normalized spacial score (nSPS) is 23.4. The monoisotopic (exact) mass is 391 g/mol. The highest BCUT2D eigenvalue weighted by Gasteiger charge is 2.33. The molecule has 1 aliphatic carbocycles. The van der Waals surface area contributed by atoms with E-state index in [9.17, 15) is 9.59 Å². The molecule has 1 aromatic carbocycles. The summed E-state index contributed by atoms with van der Waals surface area (Å²) in [5.41, 5.74) is 2.56. The lowest BCUT2D eigenvalue weighted by atomic mass is 9.92. The molecule has 0 aromatic heterocycles. The molecule has 4 rings (SSSR count). The van der Waals surface area contributed by atoms with Crippen LogP contribution < -0.4 is 10.6 Å². The minimum absolute atomic E-state index is 0. The van der Waals surface area contributed by atoms with E-state index in [0.29, 0.717) is 19.1 Å². The van der Waals surface area contributed by atoms with Crippen LogP contribution in [0.3, 0.4) is 0 Å². The third-order valence-corrected chi connectivity index (χ3v) is 6.26. The standard InChI is InChI=1S/C21H29N3O2.ClH/c25-20(23-18-7-3-4-8-18)15-9-11-24(12-10-15)21(26)19-13-16-5-1-2-6-17(16)14-22-19;/h1-2,5-6,15,18-19,22H,3-4,7-14H2,(H,23,25);1H/t19-;/m0./s1. The molecule has 148 valence electrons. The van der Waals surface area contributed by atoms with Crippen LogP contribution in [0, 0.1) is 5.92 Å². The van der Waals surface area contributed by atoms with Gasteiger partial charge in [-0.05, 0) is 43.2 Å². The number of likely N-dealkylation sites (tertiary alicyclic amines) is 1. The molecule has 0 spiro atoms. The van der Waals surface area contributed by atoms with Crippen LogP contribution in [-0.2, 0) is 22.6 Å². The molecule has 6 heteroatoms. The summed E-state index contributed by atoms with van der Waals surface area (Å²) >= 11 is 0. The van der Waals surface area contributed by atoms with Crippen LogP contribution in [0.1, 0.15) is 49.7 Å². The Hall–Kier alpha value is -1.59. The SMILES string of the molecule is Cl.O=C(NC1CCCC1)C1CCN(C(=O)[C@@H]2Cc3ccccc3CN2)CC1. The predicted molar refractivity (Wildman–Crippen MR) is 108 cm³/mol. The van der Waals surface area contributed by atoms with E-state index in [2.05, 4.69) is 22.8 Å². The van der Waals surface area contributed by atoms with E-state index in [1.54, 1.807) is 0 Å². The first-order valence-corrected chi connectivity index (χ1v) is 10.1. The zero-order valence-electron chi connectivity index (χ0n) is 15.8. The van der Waals surface area contributed by atoms with Gasteiger partial charge >= 0.3 is 0 Å². The number of carbonyl (C=O) groups is 2. The molecule has 3 aliphatic rings. The van der Waals surface area contributed by atoms with Gasteiger partial charge in [-0.2, -0.15) is 0 Å². The largest absolute Gasteiger partial charge is 0.353 e. The van der Waals surface area contributed by atoms with Crippen LogP contribution in [0.4, 0.5) is 0 Å². The summed E-state index contributed by atoms with van der Waals surface area (Å²) in [6, 6.07) is 8.58. The summed E-state index contributed by atoms with van der Waals surface area (Å²) in [6.07, 6.45) is 7.04. The van der Waals surface area contributed by atoms with Crippen LogP contribution >= 0.6 is 12.4 Å². The van der Waals surface area contributed by atoms with Gasteiger partial charge in [0.05, 0.1) is 6.04 Å². The Morgan fingerprint density at radius 1 is 1.00 bits per heavy atom. The second-order valence-corrected chi connectivity index (χ2v) is 8.00. The van der Waals surface area contributed by atoms with E-state index in [4.69, 9.17) is 0 Å². The molecule has 0 bridgehead atoms. The molecule has 5 nitrogen and oxygen atoms in total. The Balaban J connectivity index is 0.00000210. The highest BCUT2D eigenvalue weighted by atomic mass is 35.5. The van der Waals surface area contributed by atoms with Crippen LogP contribution in [0.5, 0.6) is 0 Å². The maximum absolute atomic E-state index is 12.9. The minimum atomic E-state index is -0.131. The molecule has 1 saturated heterocycles. The van der Waals surface area contributed by atoms with Crippen molar-refractivity contribution < 1.29 is 9.59 Å². The minimum Gasteiger partial charge on any atom is -0.353 e. The summed E-state index contributed by atoms with van der Waals surface area (Å²) in [7, 11) is 0.